The normalized spacial score (nSPS) is 10.5. The number of carbonyl (C=O) groups excluding carboxylic acids is 1. The van der Waals surface area contributed by atoms with E-state index in [9.17, 15) is 9.90 Å². The number of hydrogen-bond acceptors (Lipinski definition) is 5. The summed E-state index contributed by atoms with van der Waals surface area (Å²) in [5, 5.41) is 12.0. The monoisotopic (exact) mass is 251 g/mol. The van der Waals surface area contributed by atoms with Crippen molar-refractivity contribution in [1.29, 1.82) is 0 Å². The Balaban J connectivity index is 2.57. The van der Waals surface area contributed by atoms with Crippen LogP contribution in [0.1, 0.15) is 17.4 Å². The van der Waals surface area contributed by atoms with Gasteiger partial charge in [0, 0.05) is 10.9 Å². The maximum atomic E-state index is 11.5. The Morgan fingerprint density at radius 2 is 2.18 bits per heavy atom. The van der Waals surface area contributed by atoms with E-state index >= 15 is 0 Å². The molecule has 1 aromatic heterocycles. The molecule has 0 bridgehead atoms. The van der Waals surface area contributed by atoms with Gasteiger partial charge in [0.1, 0.15) is 0 Å². The van der Waals surface area contributed by atoms with Gasteiger partial charge in [-0.25, -0.2) is 9.78 Å². The fourth-order valence-electron chi connectivity index (χ4n) is 1.34. The van der Waals surface area contributed by atoms with Crippen LogP contribution in [0.25, 0.3) is 11.0 Å². The number of carbonyl (C=O) groups is 1. The Bertz CT molecular complexity index is 586. The SMILES string of the molecule is CCOC(=O)c1nc2cc(Cl)ccc2nc1[O-]. The van der Waals surface area contributed by atoms with E-state index in [0.717, 1.165) is 0 Å². The maximum absolute atomic E-state index is 11.5. The molecular formula is C11H8ClN2O3-. The van der Waals surface area contributed by atoms with E-state index in [4.69, 9.17) is 16.3 Å². The number of aromatic nitrogens is 2. The smallest absolute Gasteiger partial charge is 0.357 e. The first-order valence-corrected chi connectivity index (χ1v) is 5.31. The molecule has 2 aromatic rings. The Morgan fingerprint density at radius 3 is 2.88 bits per heavy atom. The summed E-state index contributed by atoms with van der Waals surface area (Å²) in [6.45, 7) is 1.82. The lowest BCUT2D eigenvalue weighted by atomic mass is 10.3. The van der Waals surface area contributed by atoms with Crippen molar-refractivity contribution < 1.29 is 14.6 Å². The Kier molecular flexibility index (Phi) is 3.10. The largest absolute Gasteiger partial charge is 0.857 e. The second-order valence-corrected chi connectivity index (χ2v) is 3.67. The number of nitrogens with zero attached hydrogens (tertiary/aromatic N) is 2. The zero-order valence-electron chi connectivity index (χ0n) is 8.94. The summed E-state index contributed by atoms with van der Waals surface area (Å²) in [4.78, 5) is 19.1. The first-order valence-electron chi connectivity index (χ1n) is 4.93. The Hall–Kier alpha value is -1.88. The topological polar surface area (TPSA) is 75.1 Å². The minimum absolute atomic E-state index is 0.174. The molecule has 0 saturated heterocycles. The number of rotatable bonds is 2. The van der Waals surface area contributed by atoms with Gasteiger partial charge in [0.2, 0.25) is 0 Å². The molecule has 6 heteroatoms. The molecule has 0 radical (unpaired) electrons. The molecule has 88 valence electrons. The Labute approximate surface area is 102 Å². The molecule has 0 fully saturated rings. The van der Waals surface area contributed by atoms with Gasteiger partial charge in [0.05, 0.1) is 17.6 Å². The van der Waals surface area contributed by atoms with E-state index in [-0.39, 0.29) is 12.3 Å². The minimum Gasteiger partial charge on any atom is -0.857 e. The van der Waals surface area contributed by atoms with Gasteiger partial charge >= 0.3 is 5.97 Å². The van der Waals surface area contributed by atoms with Crippen LogP contribution in [0.15, 0.2) is 18.2 Å². The molecule has 0 aliphatic carbocycles. The van der Waals surface area contributed by atoms with E-state index in [1.165, 1.54) is 6.07 Å². The summed E-state index contributed by atoms with van der Waals surface area (Å²) < 4.78 is 4.71. The molecule has 0 atom stereocenters. The van der Waals surface area contributed by atoms with Crippen LogP contribution >= 0.6 is 11.6 Å². The molecule has 2 rings (SSSR count). The average Bonchev–Trinajstić information content (AvgIpc) is 2.29. The highest BCUT2D eigenvalue weighted by Crippen LogP contribution is 2.19. The molecular weight excluding hydrogens is 244 g/mol. The van der Waals surface area contributed by atoms with Crippen LogP contribution in [0.4, 0.5) is 0 Å². The molecule has 1 heterocycles. The van der Waals surface area contributed by atoms with E-state index in [2.05, 4.69) is 9.97 Å². The summed E-state index contributed by atoms with van der Waals surface area (Å²) in [6, 6.07) is 4.70. The van der Waals surface area contributed by atoms with Crippen molar-refractivity contribution in [2.24, 2.45) is 0 Å². The molecule has 0 saturated carbocycles. The lowest BCUT2D eigenvalue weighted by Gasteiger charge is -2.11. The standard InChI is InChI=1S/C11H9ClN2O3/c1-2-17-11(16)9-10(15)14-7-4-3-6(12)5-8(7)13-9/h3-5H,2H2,1H3,(H,14,15)/p-1. The van der Waals surface area contributed by atoms with Gasteiger partial charge in [-0.05, 0) is 25.1 Å². The van der Waals surface area contributed by atoms with E-state index < -0.39 is 11.8 Å². The van der Waals surface area contributed by atoms with Gasteiger partial charge in [0.15, 0.2) is 5.69 Å². The third-order valence-corrected chi connectivity index (χ3v) is 2.30. The molecule has 0 spiro atoms. The molecule has 0 unspecified atom stereocenters. The van der Waals surface area contributed by atoms with Crippen molar-refractivity contribution in [1.82, 2.24) is 9.97 Å². The van der Waals surface area contributed by atoms with Crippen molar-refractivity contribution in [2.75, 3.05) is 6.61 Å². The van der Waals surface area contributed by atoms with Crippen LogP contribution in [0, 0.1) is 0 Å². The maximum Gasteiger partial charge on any atom is 0.357 e. The van der Waals surface area contributed by atoms with Gasteiger partial charge in [-0.2, -0.15) is 0 Å². The molecule has 5 nitrogen and oxygen atoms in total. The quantitative estimate of drug-likeness (QED) is 0.757. The predicted octanol–water partition coefficient (Wildman–Crippen LogP) is 1.53. The molecule has 0 aliphatic heterocycles. The predicted molar refractivity (Wildman–Crippen MR) is 60.0 cm³/mol. The summed E-state index contributed by atoms with van der Waals surface area (Å²) >= 11 is 5.79. The van der Waals surface area contributed by atoms with Crippen molar-refractivity contribution >= 4 is 28.6 Å². The van der Waals surface area contributed by atoms with Gasteiger partial charge in [0.25, 0.3) is 0 Å². The van der Waals surface area contributed by atoms with E-state index in [1.54, 1.807) is 19.1 Å². The van der Waals surface area contributed by atoms with Gasteiger partial charge < -0.3 is 9.84 Å². The summed E-state index contributed by atoms with van der Waals surface area (Å²) in [6.07, 6.45) is 0. The molecule has 0 amide bonds. The zero-order valence-corrected chi connectivity index (χ0v) is 9.69. The number of hydrogen-bond donors (Lipinski definition) is 0. The zero-order chi connectivity index (χ0) is 12.4. The fourth-order valence-corrected chi connectivity index (χ4v) is 1.51. The van der Waals surface area contributed by atoms with Crippen molar-refractivity contribution in [3.8, 4) is 5.88 Å². The lowest BCUT2D eigenvalue weighted by Crippen LogP contribution is -2.12. The molecule has 0 N–H and O–H groups in total. The van der Waals surface area contributed by atoms with Gasteiger partial charge in [-0.3, -0.25) is 4.98 Å². The highest BCUT2D eigenvalue weighted by molar-refractivity contribution is 6.31. The lowest BCUT2D eigenvalue weighted by molar-refractivity contribution is -0.275. The van der Waals surface area contributed by atoms with Crippen LogP contribution in [0.3, 0.4) is 0 Å². The van der Waals surface area contributed by atoms with Gasteiger partial charge in [-0.1, -0.05) is 11.6 Å². The highest BCUT2D eigenvalue weighted by Gasteiger charge is 2.12. The molecule has 0 aliphatic rings. The third-order valence-electron chi connectivity index (χ3n) is 2.06. The second kappa shape index (κ2) is 4.55. The summed E-state index contributed by atoms with van der Waals surface area (Å²) in [5.74, 6) is -1.47. The highest BCUT2D eigenvalue weighted by atomic mass is 35.5. The van der Waals surface area contributed by atoms with Crippen LogP contribution in [-0.4, -0.2) is 22.5 Å². The fraction of sp³-hybridized carbons (Fsp3) is 0.182. The Morgan fingerprint density at radius 1 is 1.41 bits per heavy atom. The van der Waals surface area contributed by atoms with Crippen LogP contribution < -0.4 is 5.11 Å². The number of esters is 1. The van der Waals surface area contributed by atoms with Crippen molar-refractivity contribution in [3.05, 3.63) is 28.9 Å². The summed E-state index contributed by atoms with van der Waals surface area (Å²) in [7, 11) is 0. The van der Waals surface area contributed by atoms with E-state index in [0.29, 0.717) is 16.1 Å². The number of fused-ring (bicyclic) bond motifs is 1. The molecule has 1 aromatic carbocycles. The van der Waals surface area contributed by atoms with Crippen molar-refractivity contribution in [3.63, 3.8) is 0 Å². The number of benzene rings is 1. The van der Waals surface area contributed by atoms with Crippen LogP contribution in [0.5, 0.6) is 5.88 Å². The average molecular weight is 252 g/mol. The van der Waals surface area contributed by atoms with Crippen LogP contribution in [0.2, 0.25) is 5.02 Å². The minimum atomic E-state index is -0.771. The second-order valence-electron chi connectivity index (χ2n) is 3.23. The molecule has 17 heavy (non-hydrogen) atoms. The van der Waals surface area contributed by atoms with Crippen LogP contribution in [-0.2, 0) is 4.74 Å². The third kappa shape index (κ3) is 2.29. The first-order chi connectivity index (χ1) is 8.11. The first kappa shape index (κ1) is 11.6. The van der Waals surface area contributed by atoms with Gasteiger partial charge in [-0.15, -0.1) is 0 Å². The number of halogens is 1. The van der Waals surface area contributed by atoms with Crippen molar-refractivity contribution in [2.45, 2.75) is 6.92 Å². The number of ether oxygens (including phenoxy) is 1. The summed E-state index contributed by atoms with van der Waals surface area (Å²) in [5.41, 5.74) is 0.467. The van der Waals surface area contributed by atoms with E-state index in [1.807, 2.05) is 0 Å².